The highest BCUT2D eigenvalue weighted by atomic mass is 35.5. The first-order valence-corrected chi connectivity index (χ1v) is 15.7. The molecule has 5 rings (SSSR count). The molecule has 46 heavy (non-hydrogen) atoms. The minimum atomic E-state index is -0.819. The van der Waals surface area contributed by atoms with Gasteiger partial charge in [-0.3, -0.25) is 9.78 Å². The standard InChI is InChI=1S/C34H39ClN6O5/c1-22(42)41(26-7-5-6-8-26,28(32(36)43)19-23-9-11-30(45-3)31(20-23)46-4)18-17-40-34(25-10-12-29(44-2)27(35)21-25)38-33(39-40)24-13-15-37-16-14-24/h9-16,20-21,26,28H,5-8,17-19H2,1-4H3,(H-,36,43)/p+1/t28-,41?/m1/s1. The number of benzene rings is 2. The molecule has 2 N–H and O–H groups in total. The summed E-state index contributed by atoms with van der Waals surface area (Å²) >= 11 is 6.52. The van der Waals surface area contributed by atoms with Crippen molar-refractivity contribution in [2.45, 2.75) is 57.7 Å². The van der Waals surface area contributed by atoms with Crippen LogP contribution in [0.4, 0.5) is 0 Å². The first kappa shape index (κ1) is 32.9. The Balaban J connectivity index is 1.58. The molecule has 0 saturated heterocycles. The lowest BCUT2D eigenvalue weighted by Gasteiger charge is -2.45. The molecule has 1 unspecified atom stereocenters. The van der Waals surface area contributed by atoms with Gasteiger partial charge in [-0.15, -0.1) is 0 Å². The average molecular weight is 648 g/mol. The first-order valence-electron chi connectivity index (χ1n) is 15.3. The van der Waals surface area contributed by atoms with Crippen LogP contribution in [0.1, 0.15) is 38.2 Å². The third kappa shape index (κ3) is 6.56. The van der Waals surface area contributed by atoms with E-state index in [0.717, 1.165) is 42.4 Å². The minimum absolute atomic E-state index is 0.0720. The van der Waals surface area contributed by atoms with Gasteiger partial charge in [0.05, 0.1) is 45.9 Å². The number of hydrogen-bond acceptors (Lipinski definition) is 8. The number of methoxy groups -OCH3 is 3. The van der Waals surface area contributed by atoms with Crippen molar-refractivity contribution in [3.8, 4) is 40.0 Å². The van der Waals surface area contributed by atoms with Gasteiger partial charge in [0.1, 0.15) is 12.3 Å². The van der Waals surface area contributed by atoms with Gasteiger partial charge in [-0.2, -0.15) is 5.10 Å². The monoisotopic (exact) mass is 647 g/mol. The molecule has 11 nitrogen and oxygen atoms in total. The molecule has 0 aliphatic heterocycles. The van der Waals surface area contributed by atoms with Crippen LogP contribution in [0.25, 0.3) is 22.8 Å². The Hall–Kier alpha value is -4.48. The van der Waals surface area contributed by atoms with Crippen molar-refractivity contribution in [2.24, 2.45) is 5.73 Å². The number of halogens is 1. The number of quaternary nitrogens is 1. The number of hydrogen-bond donors (Lipinski definition) is 1. The molecule has 0 radical (unpaired) electrons. The molecule has 1 fully saturated rings. The second-order valence-electron chi connectivity index (χ2n) is 11.5. The van der Waals surface area contributed by atoms with E-state index in [1.165, 1.54) is 0 Å². The fourth-order valence-electron chi connectivity index (χ4n) is 6.71. The number of amides is 2. The number of rotatable bonds is 13. The van der Waals surface area contributed by atoms with Gasteiger partial charge in [-0.05, 0) is 73.7 Å². The summed E-state index contributed by atoms with van der Waals surface area (Å²) in [5.41, 5.74) is 8.53. The zero-order valence-corrected chi connectivity index (χ0v) is 27.4. The molecule has 2 aromatic heterocycles. The van der Waals surface area contributed by atoms with E-state index >= 15 is 0 Å². The molecule has 1 aliphatic carbocycles. The van der Waals surface area contributed by atoms with Gasteiger partial charge in [0.15, 0.2) is 29.2 Å². The van der Waals surface area contributed by atoms with Crippen LogP contribution in [-0.4, -0.2) is 76.0 Å². The van der Waals surface area contributed by atoms with Crippen molar-refractivity contribution in [2.75, 3.05) is 27.9 Å². The Bertz CT molecular complexity index is 1690. The van der Waals surface area contributed by atoms with Gasteiger partial charge in [0, 0.05) is 29.9 Å². The van der Waals surface area contributed by atoms with E-state index in [4.69, 9.17) is 41.6 Å². The van der Waals surface area contributed by atoms with Crippen LogP contribution in [0.5, 0.6) is 17.2 Å². The number of primary amides is 1. The lowest BCUT2D eigenvalue weighted by Crippen LogP contribution is -2.68. The quantitative estimate of drug-likeness (QED) is 0.199. The summed E-state index contributed by atoms with van der Waals surface area (Å²) < 4.78 is 18.0. The van der Waals surface area contributed by atoms with Crippen molar-refractivity contribution in [1.29, 1.82) is 0 Å². The van der Waals surface area contributed by atoms with Gasteiger partial charge < -0.3 is 19.9 Å². The van der Waals surface area contributed by atoms with Crippen LogP contribution in [0.15, 0.2) is 60.9 Å². The van der Waals surface area contributed by atoms with E-state index in [-0.39, 0.29) is 29.4 Å². The molecular formula is C34H40ClN6O5+. The van der Waals surface area contributed by atoms with Crippen molar-refractivity contribution in [3.05, 3.63) is 71.5 Å². The van der Waals surface area contributed by atoms with Crippen LogP contribution in [-0.2, 0) is 22.6 Å². The minimum Gasteiger partial charge on any atom is -0.495 e. The average Bonchev–Trinajstić information content (AvgIpc) is 3.76. The normalized spacial score (nSPS) is 15.2. The zero-order chi connectivity index (χ0) is 32.8. The molecular weight excluding hydrogens is 608 g/mol. The molecule has 2 amide bonds. The third-order valence-electron chi connectivity index (χ3n) is 9.03. The zero-order valence-electron chi connectivity index (χ0n) is 26.6. The maximum atomic E-state index is 14.0. The van der Waals surface area contributed by atoms with E-state index in [0.29, 0.717) is 40.5 Å². The molecule has 1 aliphatic rings. The molecule has 4 aromatic rings. The number of carbonyl (C=O) groups is 2. The van der Waals surface area contributed by atoms with E-state index in [1.807, 2.05) is 30.3 Å². The number of nitrogens with two attached hydrogens (primary N) is 1. The molecule has 0 bridgehead atoms. The van der Waals surface area contributed by atoms with E-state index < -0.39 is 11.9 Å². The van der Waals surface area contributed by atoms with Crippen molar-refractivity contribution in [3.63, 3.8) is 0 Å². The predicted molar refractivity (Wildman–Crippen MR) is 175 cm³/mol. The van der Waals surface area contributed by atoms with Crippen molar-refractivity contribution < 1.29 is 28.3 Å². The summed E-state index contributed by atoms with van der Waals surface area (Å²) in [6.45, 7) is 2.15. The van der Waals surface area contributed by atoms with Crippen LogP contribution in [0.3, 0.4) is 0 Å². The predicted octanol–water partition coefficient (Wildman–Crippen LogP) is 5.09. The number of pyridine rings is 1. The van der Waals surface area contributed by atoms with Crippen LogP contribution in [0, 0.1) is 0 Å². The Morgan fingerprint density at radius 2 is 1.63 bits per heavy atom. The lowest BCUT2D eigenvalue weighted by atomic mass is 9.96. The van der Waals surface area contributed by atoms with Crippen LogP contribution < -0.4 is 19.9 Å². The number of nitrogens with zero attached hydrogens (tertiary/aromatic N) is 5. The summed E-state index contributed by atoms with van der Waals surface area (Å²) in [6, 6.07) is 13.7. The molecule has 2 heterocycles. The summed E-state index contributed by atoms with van der Waals surface area (Å²) in [4.78, 5) is 36.4. The maximum Gasteiger partial charge on any atom is 0.311 e. The topological polar surface area (TPSA) is 131 Å². The van der Waals surface area contributed by atoms with Gasteiger partial charge in [0.2, 0.25) is 0 Å². The Labute approximate surface area is 273 Å². The highest BCUT2D eigenvalue weighted by molar-refractivity contribution is 6.32. The van der Waals surface area contributed by atoms with Gasteiger partial charge in [-0.25, -0.2) is 18.9 Å². The molecule has 0 spiro atoms. The van der Waals surface area contributed by atoms with Crippen molar-refractivity contribution >= 4 is 23.4 Å². The molecule has 2 atom stereocenters. The second-order valence-corrected chi connectivity index (χ2v) is 11.9. The smallest absolute Gasteiger partial charge is 0.311 e. The molecule has 1 saturated carbocycles. The van der Waals surface area contributed by atoms with Crippen LogP contribution in [0.2, 0.25) is 5.02 Å². The third-order valence-corrected chi connectivity index (χ3v) is 9.32. The fraction of sp³-hybridized carbons (Fsp3) is 0.382. The number of carbonyl (C=O) groups excluding carboxylic acids is 2. The van der Waals surface area contributed by atoms with Crippen LogP contribution >= 0.6 is 11.6 Å². The lowest BCUT2D eigenvalue weighted by molar-refractivity contribution is -0.894. The van der Waals surface area contributed by atoms with E-state index in [1.54, 1.807) is 63.5 Å². The highest BCUT2D eigenvalue weighted by Crippen LogP contribution is 2.36. The highest BCUT2D eigenvalue weighted by Gasteiger charge is 2.51. The van der Waals surface area contributed by atoms with E-state index in [9.17, 15) is 9.59 Å². The van der Waals surface area contributed by atoms with Crippen molar-refractivity contribution in [1.82, 2.24) is 19.7 Å². The summed E-state index contributed by atoms with van der Waals surface area (Å²) in [5.74, 6) is 2.09. The van der Waals surface area contributed by atoms with Gasteiger partial charge in [-0.1, -0.05) is 17.7 Å². The second kappa shape index (κ2) is 14.3. The summed E-state index contributed by atoms with van der Waals surface area (Å²) in [6.07, 6.45) is 7.21. The molecule has 242 valence electrons. The SMILES string of the molecule is COc1ccc(-c2nc(-c3ccncc3)nn2CC[N+](C(C)=O)(C2CCCC2)[C@H](Cc2ccc(OC)c(OC)c2)C(N)=O)cc1Cl. The van der Waals surface area contributed by atoms with Gasteiger partial charge in [0.25, 0.3) is 5.91 Å². The summed E-state index contributed by atoms with van der Waals surface area (Å²) in [7, 11) is 4.69. The maximum absolute atomic E-state index is 14.0. The van der Waals surface area contributed by atoms with Gasteiger partial charge >= 0.3 is 5.91 Å². The largest absolute Gasteiger partial charge is 0.495 e. The summed E-state index contributed by atoms with van der Waals surface area (Å²) in [5, 5.41) is 5.32. The molecule has 12 heteroatoms. The Kier molecular flexibility index (Phi) is 10.2. The molecule has 2 aromatic carbocycles. The fourth-order valence-corrected chi connectivity index (χ4v) is 6.97. The Morgan fingerprint density at radius 1 is 0.957 bits per heavy atom. The first-order chi connectivity index (χ1) is 22.2. The number of aromatic nitrogens is 4. The Morgan fingerprint density at radius 3 is 2.24 bits per heavy atom. The van der Waals surface area contributed by atoms with E-state index in [2.05, 4.69) is 4.98 Å². The number of ether oxygens (including phenoxy) is 3.